The first-order chi connectivity index (χ1) is 7.06. The zero-order valence-electron chi connectivity index (χ0n) is 8.01. The molecule has 76 valence electrons. The van der Waals surface area contributed by atoms with Crippen LogP contribution < -0.4 is 0 Å². The molecule has 0 saturated carbocycles. The Bertz CT molecular complexity index is 431. The first kappa shape index (κ1) is 10.9. The van der Waals surface area contributed by atoms with Crippen molar-refractivity contribution in [3.05, 3.63) is 39.9 Å². The van der Waals surface area contributed by atoms with E-state index in [0.717, 1.165) is 0 Å². The van der Waals surface area contributed by atoms with Crippen LogP contribution in [-0.4, -0.2) is 10.7 Å². The third kappa shape index (κ3) is 2.38. The molecular formula is C10H8N2O3. The molecule has 0 unspecified atom stereocenters. The number of Topliss-reactive ketones (excluding diaryl/α,β-unsaturated/α-hetero) is 1. The van der Waals surface area contributed by atoms with Gasteiger partial charge in [0.05, 0.1) is 11.0 Å². The smallest absolute Gasteiger partial charge is 0.269 e. The minimum atomic E-state index is -0.842. The van der Waals surface area contributed by atoms with Gasteiger partial charge in [-0.05, 0) is 12.5 Å². The summed E-state index contributed by atoms with van der Waals surface area (Å²) in [7, 11) is 0. The third-order valence-electron chi connectivity index (χ3n) is 1.97. The molecule has 0 heterocycles. The number of nitro benzene ring substituents is 1. The topological polar surface area (TPSA) is 84.0 Å². The molecule has 0 radical (unpaired) electrons. The summed E-state index contributed by atoms with van der Waals surface area (Å²) in [6, 6.07) is 7.26. The number of nitriles is 1. The third-order valence-corrected chi connectivity index (χ3v) is 1.97. The van der Waals surface area contributed by atoms with Gasteiger partial charge in [0.2, 0.25) is 0 Å². The van der Waals surface area contributed by atoms with E-state index in [-0.39, 0.29) is 11.5 Å². The van der Waals surface area contributed by atoms with Gasteiger partial charge in [0.1, 0.15) is 5.92 Å². The largest absolute Gasteiger partial charge is 0.298 e. The lowest BCUT2D eigenvalue weighted by molar-refractivity contribution is -0.384. The fourth-order valence-electron chi connectivity index (χ4n) is 1.19. The van der Waals surface area contributed by atoms with Crippen LogP contribution in [0.1, 0.15) is 18.4 Å². The summed E-state index contributed by atoms with van der Waals surface area (Å²) in [5, 5.41) is 19.1. The van der Waals surface area contributed by atoms with Crippen molar-refractivity contribution in [1.29, 1.82) is 5.26 Å². The van der Waals surface area contributed by atoms with Crippen LogP contribution >= 0.6 is 0 Å². The van der Waals surface area contributed by atoms with Gasteiger partial charge in [-0.1, -0.05) is 12.1 Å². The highest BCUT2D eigenvalue weighted by Crippen LogP contribution is 2.19. The van der Waals surface area contributed by atoms with Gasteiger partial charge in [0.15, 0.2) is 5.78 Å². The van der Waals surface area contributed by atoms with Gasteiger partial charge in [-0.3, -0.25) is 14.9 Å². The van der Waals surface area contributed by atoms with Gasteiger partial charge in [-0.2, -0.15) is 5.26 Å². The maximum atomic E-state index is 11.0. The lowest BCUT2D eigenvalue weighted by atomic mass is 9.97. The Morgan fingerprint density at radius 2 is 2.00 bits per heavy atom. The molecule has 0 aromatic heterocycles. The molecule has 0 aliphatic carbocycles. The number of carbonyl (C=O) groups is 1. The Labute approximate surface area is 86.1 Å². The van der Waals surface area contributed by atoms with Crippen molar-refractivity contribution in [2.45, 2.75) is 12.8 Å². The van der Waals surface area contributed by atoms with E-state index in [1.54, 1.807) is 0 Å². The van der Waals surface area contributed by atoms with Crippen LogP contribution in [0.5, 0.6) is 0 Å². The average Bonchev–Trinajstić information content (AvgIpc) is 2.19. The number of carbonyl (C=O) groups excluding carboxylic acids is 1. The van der Waals surface area contributed by atoms with E-state index in [2.05, 4.69) is 0 Å². The number of benzene rings is 1. The standard InChI is InChI=1S/C10H8N2O3/c1-7(13)10(6-11)8-2-4-9(5-3-8)12(14)15/h2-5,10H,1H3/t10-/m1/s1. The summed E-state index contributed by atoms with van der Waals surface area (Å²) in [6.07, 6.45) is 0. The number of hydrogen-bond donors (Lipinski definition) is 0. The Morgan fingerprint density at radius 1 is 1.47 bits per heavy atom. The molecule has 0 saturated heterocycles. The number of nitro groups is 1. The molecule has 1 rings (SSSR count). The Morgan fingerprint density at radius 3 is 2.33 bits per heavy atom. The highest BCUT2D eigenvalue weighted by molar-refractivity contribution is 5.86. The Hall–Kier alpha value is -2.22. The van der Waals surface area contributed by atoms with Crippen molar-refractivity contribution in [2.75, 3.05) is 0 Å². The maximum Gasteiger partial charge on any atom is 0.269 e. The molecule has 0 fully saturated rings. The number of non-ortho nitro benzene ring substituents is 1. The zero-order chi connectivity index (χ0) is 11.4. The van der Waals surface area contributed by atoms with Crippen LogP contribution in [0.25, 0.3) is 0 Å². The number of rotatable bonds is 3. The fraction of sp³-hybridized carbons (Fsp3) is 0.200. The summed E-state index contributed by atoms with van der Waals surface area (Å²) in [5.41, 5.74) is 0.426. The van der Waals surface area contributed by atoms with Crippen LogP contribution in [0.2, 0.25) is 0 Å². The van der Waals surface area contributed by atoms with Crippen molar-refractivity contribution in [1.82, 2.24) is 0 Å². The molecule has 5 heteroatoms. The SMILES string of the molecule is CC(=O)[C@@H](C#N)c1ccc([N+](=O)[O-])cc1. The highest BCUT2D eigenvalue weighted by Gasteiger charge is 2.16. The second-order valence-corrected chi connectivity index (χ2v) is 3.02. The highest BCUT2D eigenvalue weighted by atomic mass is 16.6. The molecular weight excluding hydrogens is 196 g/mol. The van der Waals surface area contributed by atoms with Crippen molar-refractivity contribution in [3.63, 3.8) is 0 Å². The monoisotopic (exact) mass is 204 g/mol. The van der Waals surface area contributed by atoms with Gasteiger partial charge in [0.25, 0.3) is 5.69 Å². The minimum Gasteiger partial charge on any atom is -0.298 e. The van der Waals surface area contributed by atoms with Gasteiger partial charge in [-0.25, -0.2) is 0 Å². The van der Waals surface area contributed by atoms with Crippen LogP contribution in [0.3, 0.4) is 0 Å². The molecule has 1 atom stereocenters. The lowest BCUT2D eigenvalue weighted by Crippen LogP contribution is -2.06. The quantitative estimate of drug-likeness (QED) is 0.555. The molecule has 0 bridgehead atoms. The van der Waals surface area contributed by atoms with E-state index in [1.165, 1.54) is 31.2 Å². The molecule has 0 aliphatic heterocycles. The van der Waals surface area contributed by atoms with Gasteiger partial charge in [0, 0.05) is 12.1 Å². The first-order valence-electron chi connectivity index (χ1n) is 4.20. The molecule has 0 spiro atoms. The molecule has 1 aromatic rings. The van der Waals surface area contributed by atoms with Crippen LogP contribution in [0.4, 0.5) is 5.69 Å². The predicted molar refractivity (Wildman–Crippen MR) is 52.1 cm³/mol. The Balaban J connectivity index is 3.03. The Kier molecular flexibility index (Phi) is 3.13. The zero-order valence-corrected chi connectivity index (χ0v) is 8.01. The predicted octanol–water partition coefficient (Wildman–Crippen LogP) is 1.79. The second kappa shape index (κ2) is 4.33. The van der Waals surface area contributed by atoms with E-state index in [9.17, 15) is 14.9 Å². The molecule has 1 aromatic carbocycles. The number of nitrogens with zero attached hydrogens (tertiary/aromatic N) is 2. The normalized spacial score (nSPS) is 11.5. The molecule has 5 nitrogen and oxygen atoms in total. The van der Waals surface area contributed by atoms with Gasteiger partial charge < -0.3 is 0 Å². The van der Waals surface area contributed by atoms with E-state index in [1.807, 2.05) is 6.07 Å². The second-order valence-electron chi connectivity index (χ2n) is 3.02. The van der Waals surface area contributed by atoms with Crippen molar-refractivity contribution in [3.8, 4) is 6.07 Å². The summed E-state index contributed by atoms with van der Waals surface area (Å²) in [4.78, 5) is 20.9. The van der Waals surface area contributed by atoms with Crippen LogP contribution in [-0.2, 0) is 4.79 Å². The van der Waals surface area contributed by atoms with E-state index < -0.39 is 10.8 Å². The first-order valence-corrected chi connectivity index (χ1v) is 4.20. The number of ketones is 1. The minimum absolute atomic E-state index is 0.0565. The summed E-state index contributed by atoms with van der Waals surface area (Å²) in [5.74, 6) is -1.11. The summed E-state index contributed by atoms with van der Waals surface area (Å²) >= 11 is 0. The van der Waals surface area contributed by atoms with Gasteiger partial charge >= 0.3 is 0 Å². The van der Waals surface area contributed by atoms with Crippen LogP contribution in [0, 0.1) is 21.4 Å². The molecule has 15 heavy (non-hydrogen) atoms. The maximum absolute atomic E-state index is 11.0. The van der Waals surface area contributed by atoms with Crippen LogP contribution in [0.15, 0.2) is 24.3 Å². The number of hydrogen-bond acceptors (Lipinski definition) is 4. The van der Waals surface area contributed by atoms with E-state index >= 15 is 0 Å². The molecule has 0 N–H and O–H groups in total. The lowest BCUT2D eigenvalue weighted by Gasteiger charge is -2.03. The average molecular weight is 204 g/mol. The van der Waals surface area contributed by atoms with Crippen molar-refractivity contribution in [2.24, 2.45) is 0 Å². The summed E-state index contributed by atoms with van der Waals surface area (Å²) < 4.78 is 0. The molecule has 0 aliphatic rings. The molecule has 0 amide bonds. The van der Waals surface area contributed by atoms with Crippen molar-refractivity contribution >= 4 is 11.5 Å². The fourth-order valence-corrected chi connectivity index (χ4v) is 1.19. The van der Waals surface area contributed by atoms with E-state index in [4.69, 9.17) is 5.26 Å². The van der Waals surface area contributed by atoms with Gasteiger partial charge in [-0.15, -0.1) is 0 Å². The van der Waals surface area contributed by atoms with E-state index in [0.29, 0.717) is 5.56 Å². The van der Waals surface area contributed by atoms with Crippen molar-refractivity contribution < 1.29 is 9.72 Å². The summed E-state index contributed by atoms with van der Waals surface area (Å²) in [6.45, 7) is 1.31.